The van der Waals surface area contributed by atoms with Gasteiger partial charge in [0, 0.05) is 25.8 Å². The molecule has 3 heteroatoms. The third-order valence-electron chi connectivity index (χ3n) is 4.46. The van der Waals surface area contributed by atoms with Gasteiger partial charge in [0.15, 0.2) is 0 Å². The van der Waals surface area contributed by atoms with Crippen molar-refractivity contribution in [1.82, 2.24) is 15.1 Å². The molecule has 2 aliphatic rings. The van der Waals surface area contributed by atoms with Crippen molar-refractivity contribution >= 4 is 0 Å². The first-order valence-electron chi connectivity index (χ1n) is 6.97. The molecule has 3 rings (SSSR count). The summed E-state index contributed by atoms with van der Waals surface area (Å²) < 4.78 is 1.91. The maximum atomic E-state index is 4.25. The molecule has 0 aliphatic heterocycles. The summed E-state index contributed by atoms with van der Waals surface area (Å²) in [6.07, 6.45) is 13.8. The van der Waals surface area contributed by atoms with Gasteiger partial charge >= 0.3 is 0 Å². The van der Waals surface area contributed by atoms with Crippen LogP contribution in [0.5, 0.6) is 0 Å². The Morgan fingerprint density at radius 2 is 2.29 bits per heavy atom. The van der Waals surface area contributed by atoms with Gasteiger partial charge in [-0.15, -0.1) is 0 Å². The number of aromatic nitrogens is 2. The van der Waals surface area contributed by atoms with Crippen LogP contribution in [0.25, 0.3) is 0 Å². The summed E-state index contributed by atoms with van der Waals surface area (Å²) in [5.74, 6) is 0. The van der Waals surface area contributed by atoms with Crippen molar-refractivity contribution in [3.63, 3.8) is 0 Å². The zero-order valence-corrected chi connectivity index (χ0v) is 10.8. The summed E-state index contributed by atoms with van der Waals surface area (Å²) in [7, 11) is 2.00. The molecule has 0 spiro atoms. The molecule has 1 aromatic rings. The predicted molar refractivity (Wildman–Crippen MR) is 68.8 cm³/mol. The maximum absolute atomic E-state index is 4.25. The molecule has 2 saturated carbocycles. The average molecular weight is 233 g/mol. The predicted octanol–water partition coefficient (Wildman–Crippen LogP) is 2.28. The van der Waals surface area contributed by atoms with Crippen molar-refractivity contribution in [3.05, 3.63) is 18.0 Å². The minimum atomic E-state index is 0.610. The van der Waals surface area contributed by atoms with Crippen molar-refractivity contribution < 1.29 is 0 Å². The molecule has 94 valence electrons. The number of aryl methyl sites for hydroxylation is 2. The molecule has 0 aromatic carbocycles. The molecule has 17 heavy (non-hydrogen) atoms. The smallest absolute Gasteiger partial charge is 0.0521 e. The summed E-state index contributed by atoms with van der Waals surface area (Å²) in [5, 5.41) is 7.97. The Labute approximate surface area is 104 Å². The van der Waals surface area contributed by atoms with Crippen molar-refractivity contribution in [3.8, 4) is 0 Å². The van der Waals surface area contributed by atoms with Crippen LogP contribution in [0.15, 0.2) is 12.4 Å². The van der Waals surface area contributed by atoms with Gasteiger partial charge < -0.3 is 5.32 Å². The normalized spacial score (nSPS) is 22.4. The Hall–Kier alpha value is -0.830. The fraction of sp³-hybridized carbons (Fsp3) is 0.786. The quantitative estimate of drug-likeness (QED) is 0.817. The molecule has 1 N–H and O–H groups in total. The Morgan fingerprint density at radius 3 is 2.82 bits per heavy atom. The molecule has 0 amide bonds. The lowest BCUT2D eigenvalue weighted by Crippen LogP contribution is -2.41. The lowest BCUT2D eigenvalue weighted by molar-refractivity contribution is 0.117. The zero-order chi connectivity index (χ0) is 11.7. The molecule has 3 nitrogen and oxygen atoms in total. The van der Waals surface area contributed by atoms with Gasteiger partial charge in [-0.1, -0.05) is 6.42 Å². The topological polar surface area (TPSA) is 29.9 Å². The van der Waals surface area contributed by atoms with Crippen LogP contribution in [0.4, 0.5) is 0 Å². The highest BCUT2D eigenvalue weighted by Gasteiger charge is 2.37. The third-order valence-corrected chi connectivity index (χ3v) is 4.46. The van der Waals surface area contributed by atoms with Crippen molar-refractivity contribution in [2.75, 3.05) is 6.54 Å². The molecule has 2 aliphatic carbocycles. The molecular formula is C14H23N3. The van der Waals surface area contributed by atoms with Gasteiger partial charge in [0.1, 0.15) is 0 Å². The van der Waals surface area contributed by atoms with Crippen LogP contribution in [-0.2, 0) is 13.5 Å². The lowest BCUT2D eigenvalue weighted by Gasteiger charge is -2.42. The van der Waals surface area contributed by atoms with Gasteiger partial charge in [0.25, 0.3) is 0 Å². The monoisotopic (exact) mass is 233 g/mol. The van der Waals surface area contributed by atoms with E-state index in [9.17, 15) is 0 Å². The van der Waals surface area contributed by atoms with Crippen molar-refractivity contribution in [2.45, 2.75) is 51.0 Å². The Balaban J connectivity index is 1.50. The van der Waals surface area contributed by atoms with Gasteiger partial charge in [-0.25, -0.2) is 0 Å². The Kier molecular flexibility index (Phi) is 2.95. The van der Waals surface area contributed by atoms with E-state index in [1.165, 1.54) is 57.1 Å². The summed E-state index contributed by atoms with van der Waals surface area (Å²) in [5.41, 5.74) is 2.00. The molecule has 0 atom stereocenters. The minimum Gasteiger partial charge on any atom is -0.313 e. The van der Waals surface area contributed by atoms with Gasteiger partial charge in [0.05, 0.1) is 6.20 Å². The second-order valence-corrected chi connectivity index (χ2v) is 6.03. The van der Waals surface area contributed by atoms with E-state index in [4.69, 9.17) is 0 Å². The molecule has 1 aromatic heterocycles. The number of hydrogen-bond donors (Lipinski definition) is 1. The second-order valence-electron chi connectivity index (χ2n) is 6.03. The Bertz CT molecular complexity index is 375. The first kappa shape index (κ1) is 11.3. The highest BCUT2D eigenvalue weighted by Crippen LogP contribution is 2.44. The van der Waals surface area contributed by atoms with Crippen LogP contribution in [0.3, 0.4) is 0 Å². The minimum absolute atomic E-state index is 0.610. The zero-order valence-electron chi connectivity index (χ0n) is 10.8. The summed E-state index contributed by atoms with van der Waals surface area (Å²) >= 11 is 0. The van der Waals surface area contributed by atoms with E-state index in [2.05, 4.69) is 16.6 Å². The van der Waals surface area contributed by atoms with Crippen molar-refractivity contribution in [1.29, 1.82) is 0 Å². The Morgan fingerprint density at radius 1 is 1.47 bits per heavy atom. The molecular weight excluding hydrogens is 210 g/mol. The molecule has 1 heterocycles. The van der Waals surface area contributed by atoms with E-state index in [1.54, 1.807) is 0 Å². The molecule has 0 unspecified atom stereocenters. The summed E-state index contributed by atoms with van der Waals surface area (Å²) in [4.78, 5) is 0. The van der Waals surface area contributed by atoms with Gasteiger partial charge in [-0.05, 0) is 49.5 Å². The third kappa shape index (κ3) is 2.71. The number of nitrogens with one attached hydrogen (secondary N) is 1. The van der Waals surface area contributed by atoms with E-state index >= 15 is 0 Å². The fourth-order valence-corrected chi connectivity index (χ4v) is 2.85. The van der Waals surface area contributed by atoms with Crippen molar-refractivity contribution in [2.24, 2.45) is 12.5 Å². The maximum Gasteiger partial charge on any atom is 0.0521 e. The SMILES string of the molecule is Cn1cc(CCC2(CNC3CC3)CCC2)cn1. The standard InChI is InChI=1S/C14H23N3/c1-17-10-12(9-16-17)5-8-14(6-2-7-14)11-15-13-3-4-13/h9-10,13,15H,2-8,11H2,1H3. The number of hydrogen-bond acceptors (Lipinski definition) is 2. The van der Waals surface area contributed by atoms with Gasteiger partial charge in [0.2, 0.25) is 0 Å². The van der Waals surface area contributed by atoms with Crippen LogP contribution in [-0.4, -0.2) is 22.4 Å². The van der Waals surface area contributed by atoms with Gasteiger partial charge in [-0.3, -0.25) is 4.68 Å². The van der Waals surface area contributed by atoms with Crippen LogP contribution in [0.1, 0.15) is 44.1 Å². The molecule has 0 radical (unpaired) electrons. The first-order valence-corrected chi connectivity index (χ1v) is 6.97. The summed E-state index contributed by atoms with van der Waals surface area (Å²) in [6, 6.07) is 0.853. The number of rotatable bonds is 6. The van der Waals surface area contributed by atoms with E-state index in [1.807, 2.05) is 17.9 Å². The van der Waals surface area contributed by atoms with E-state index in [-0.39, 0.29) is 0 Å². The molecule has 0 saturated heterocycles. The largest absolute Gasteiger partial charge is 0.313 e. The van der Waals surface area contributed by atoms with E-state index in [0.717, 1.165) is 6.04 Å². The molecule has 0 bridgehead atoms. The van der Waals surface area contributed by atoms with Crippen LogP contribution in [0.2, 0.25) is 0 Å². The van der Waals surface area contributed by atoms with Gasteiger partial charge in [-0.2, -0.15) is 5.10 Å². The summed E-state index contributed by atoms with van der Waals surface area (Å²) in [6.45, 7) is 1.25. The van der Waals surface area contributed by atoms with Crippen LogP contribution in [0, 0.1) is 5.41 Å². The fourth-order valence-electron chi connectivity index (χ4n) is 2.85. The number of nitrogens with zero attached hydrogens (tertiary/aromatic N) is 2. The molecule has 2 fully saturated rings. The highest BCUT2D eigenvalue weighted by atomic mass is 15.2. The van der Waals surface area contributed by atoms with E-state index < -0.39 is 0 Å². The highest BCUT2D eigenvalue weighted by molar-refractivity contribution is 5.05. The second kappa shape index (κ2) is 4.45. The van der Waals surface area contributed by atoms with Crippen LogP contribution < -0.4 is 5.32 Å². The average Bonchev–Trinajstić information content (AvgIpc) is 3.00. The van der Waals surface area contributed by atoms with E-state index in [0.29, 0.717) is 5.41 Å². The van der Waals surface area contributed by atoms with Crippen LogP contribution >= 0.6 is 0 Å². The lowest BCUT2D eigenvalue weighted by atomic mass is 9.65. The first-order chi connectivity index (χ1) is 8.26.